The topological polar surface area (TPSA) is 64.3 Å². The first-order valence-electron chi connectivity index (χ1n) is 4.87. The van der Waals surface area contributed by atoms with E-state index in [1.54, 1.807) is 0 Å². The van der Waals surface area contributed by atoms with Crippen LogP contribution in [0.1, 0.15) is 39.5 Å². The molecule has 0 bridgehead atoms. The standard InChI is InChI=1S/C9H20N2O2/c1-3-5-6-8(4-2)7-13-9(12)11-10/h8H,3-7,10H2,1-2H3,(H,11,12). The van der Waals surface area contributed by atoms with E-state index in [0.717, 1.165) is 12.8 Å². The first kappa shape index (κ1) is 12.2. The Morgan fingerprint density at radius 2 is 2.23 bits per heavy atom. The second-order valence-electron chi connectivity index (χ2n) is 3.16. The first-order valence-corrected chi connectivity index (χ1v) is 4.87. The summed E-state index contributed by atoms with van der Waals surface area (Å²) >= 11 is 0. The monoisotopic (exact) mass is 188 g/mol. The van der Waals surface area contributed by atoms with Gasteiger partial charge in [-0.25, -0.2) is 10.6 Å². The lowest BCUT2D eigenvalue weighted by Crippen LogP contribution is -2.32. The third-order valence-corrected chi connectivity index (χ3v) is 2.11. The van der Waals surface area contributed by atoms with Gasteiger partial charge in [0.1, 0.15) is 0 Å². The highest BCUT2D eigenvalue weighted by molar-refractivity contribution is 5.66. The minimum atomic E-state index is -0.546. The fourth-order valence-corrected chi connectivity index (χ4v) is 1.13. The van der Waals surface area contributed by atoms with Crippen molar-refractivity contribution in [3.05, 3.63) is 0 Å². The minimum Gasteiger partial charge on any atom is -0.448 e. The highest BCUT2D eigenvalue weighted by Gasteiger charge is 2.08. The molecule has 3 N–H and O–H groups in total. The Morgan fingerprint density at radius 1 is 1.54 bits per heavy atom. The van der Waals surface area contributed by atoms with Gasteiger partial charge in [0.25, 0.3) is 0 Å². The molecule has 0 aliphatic carbocycles. The summed E-state index contributed by atoms with van der Waals surface area (Å²) in [5, 5.41) is 0. The number of rotatable bonds is 6. The summed E-state index contributed by atoms with van der Waals surface area (Å²) in [4.78, 5) is 10.6. The second-order valence-corrected chi connectivity index (χ2v) is 3.16. The van der Waals surface area contributed by atoms with Crippen LogP contribution >= 0.6 is 0 Å². The van der Waals surface area contributed by atoms with E-state index >= 15 is 0 Å². The van der Waals surface area contributed by atoms with Crippen molar-refractivity contribution in [1.29, 1.82) is 0 Å². The third kappa shape index (κ3) is 6.40. The van der Waals surface area contributed by atoms with Gasteiger partial charge in [-0.15, -0.1) is 0 Å². The number of amides is 1. The highest BCUT2D eigenvalue weighted by atomic mass is 16.5. The van der Waals surface area contributed by atoms with Crippen LogP contribution in [-0.4, -0.2) is 12.7 Å². The second kappa shape index (κ2) is 7.86. The molecule has 0 aromatic rings. The van der Waals surface area contributed by atoms with Crippen molar-refractivity contribution in [3.8, 4) is 0 Å². The van der Waals surface area contributed by atoms with Crippen molar-refractivity contribution in [2.45, 2.75) is 39.5 Å². The van der Waals surface area contributed by atoms with Gasteiger partial charge in [-0.2, -0.15) is 0 Å². The summed E-state index contributed by atoms with van der Waals surface area (Å²) in [5.41, 5.74) is 1.94. The van der Waals surface area contributed by atoms with Crippen LogP contribution in [0, 0.1) is 5.92 Å². The van der Waals surface area contributed by atoms with Crippen LogP contribution in [-0.2, 0) is 4.74 Å². The molecule has 0 spiro atoms. The van der Waals surface area contributed by atoms with E-state index < -0.39 is 6.09 Å². The van der Waals surface area contributed by atoms with E-state index in [1.807, 2.05) is 5.43 Å². The number of nitrogens with one attached hydrogen (secondary N) is 1. The molecule has 1 atom stereocenters. The number of carbonyl (C=O) groups is 1. The maximum absolute atomic E-state index is 10.6. The summed E-state index contributed by atoms with van der Waals surface area (Å²) < 4.78 is 4.87. The molecule has 78 valence electrons. The lowest BCUT2D eigenvalue weighted by atomic mass is 10.0. The Labute approximate surface area is 79.8 Å². The number of carbonyl (C=O) groups excluding carboxylic acids is 1. The van der Waals surface area contributed by atoms with E-state index in [9.17, 15) is 4.79 Å². The van der Waals surface area contributed by atoms with Gasteiger partial charge in [-0.1, -0.05) is 33.1 Å². The smallest absolute Gasteiger partial charge is 0.421 e. The zero-order valence-electron chi connectivity index (χ0n) is 8.51. The van der Waals surface area contributed by atoms with Gasteiger partial charge in [-0.3, -0.25) is 5.43 Å². The van der Waals surface area contributed by atoms with Gasteiger partial charge in [-0.05, 0) is 12.3 Å². The SMILES string of the molecule is CCCCC(CC)COC(=O)NN. The zero-order chi connectivity index (χ0) is 10.1. The quantitative estimate of drug-likeness (QED) is 0.379. The van der Waals surface area contributed by atoms with E-state index in [-0.39, 0.29) is 0 Å². The molecule has 0 aliphatic heterocycles. The van der Waals surface area contributed by atoms with E-state index in [4.69, 9.17) is 10.6 Å². The Hall–Kier alpha value is -0.770. The molecular weight excluding hydrogens is 168 g/mol. The minimum absolute atomic E-state index is 0.470. The lowest BCUT2D eigenvalue weighted by molar-refractivity contribution is 0.123. The van der Waals surface area contributed by atoms with Crippen molar-refractivity contribution in [3.63, 3.8) is 0 Å². The fourth-order valence-electron chi connectivity index (χ4n) is 1.13. The van der Waals surface area contributed by atoms with E-state index in [2.05, 4.69) is 13.8 Å². The summed E-state index contributed by atoms with van der Waals surface area (Å²) in [6.07, 6.45) is 3.98. The van der Waals surface area contributed by atoms with Crippen molar-refractivity contribution in [2.24, 2.45) is 11.8 Å². The molecule has 4 nitrogen and oxygen atoms in total. The van der Waals surface area contributed by atoms with E-state index in [0.29, 0.717) is 12.5 Å². The molecule has 0 heterocycles. The number of hydrazine groups is 1. The van der Waals surface area contributed by atoms with E-state index in [1.165, 1.54) is 12.8 Å². The molecule has 4 heteroatoms. The van der Waals surface area contributed by atoms with Gasteiger partial charge in [0.05, 0.1) is 6.61 Å². The van der Waals surface area contributed by atoms with Crippen molar-refractivity contribution < 1.29 is 9.53 Å². The molecule has 1 unspecified atom stereocenters. The maximum atomic E-state index is 10.6. The van der Waals surface area contributed by atoms with Crippen LogP contribution in [0.25, 0.3) is 0 Å². The Kier molecular flexibility index (Phi) is 7.39. The largest absolute Gasteiger partial charge is 0.448 e. The average molecular weight is 188 g/mol. The average Bonchev–Trinajstić information content (AvgIpc) is 2.17. The highest BCUT2D eigenvalue weighted by Crippen LogP contribution is 2.12. The van der Waals surface area contributed by atoms with Gasteiger partial charge < -0.3 is 4.74 Å². The number of hydrogen-bond acceptors (Lipinski definition) is 3. The van der Waals surface area contributed by atoms with Crippen LogP contribution in [0.4, 0.5) is 4.79 Å². The van der Waals surface area contributed by atoms with Gasteiger partial charge in [0.15, 0.2) is 0 Å². The first-order chi connectivity index (χ1) is 6.24. The summed E-state index contributed by atoms with van der Waals surface area (Å²) in [5.74, 6) is 5.34. The number of unbranched alkanes of at least 4 members (excludes halogenated alkanes) is 1. The molecule has 0 aromatic carbocycles. The molecule has 1 amide bonds. The molecule has 0 saturated heterocycles. The number of ether oxygens (including phenoxy) is 1. The maximum Gasteiger partial charge on any atom is 0.421 e. The van der Waals surface area contributed by atoms with Crippen LogP contribution in [0.3, 0.4) is 0 Å². The predicted octanol–water partition coefficient (Wildman–Crippen LogP) is 1.80. The Bertz CT molecular complexity index is 140. The number of hydrogen-bond donors (Lipinski definition) is 2. The normalized spacial score (nSPS) is 12.2. The lowest BCUT2D eigenvalue weighted by Gasteiger charge is -2.13. The summed E-state index contributed by atoms with van der Waals surface area (Å²) in [6.45, 7) is 4.73. The number of nitrogens with two attached hydrogens (primary N) is 1. The van der Waals surface area contributed by atoms with Gasteiger partial charge >= 0.3 is 6.09 Å². The summed E-state index contributed by atoms with van der Waals surface area (Å²) in [6, 6.07) is 0. The Balaban J connectivity index is 3.52. The molecule has 0 aliphatic rings. The van der Waals surface area contributed by atoms with Crippen LogP contribution < -0.4 is 11.3 Å². The molecule has 13 heavy (non-hydrogen) atoms. The van der Waals surface area contributed by atoms with Crippen molar-refractivity contribution >= 4 is 6.09 Å². The predicted molar refractivity (Wildman–Crippen MR) is 52.0 cm³/mol. The van der Waals surface area contributed by atoms with Crippen LogP contribution in [0.15, 0.2) is 0 Å². The van der Waals surface area contributed by atoms with Crippen molar-refractivity contribution in [2.75, 3.05) is 6.61 Å². The summed E-state index contributed by atoms with van der Waals surface area (Å²) in [7, 11) is 0. The molecule has 0 rings (SSSR count). The molecule has 0 aromatic heterocycles. The molecule has 0 radical (unpaired) electrons. The Morgan fingerprint density at radius 3 is 2.69 bits per heavy atom. The van der Waals surface area contributed by atoms with Gasteiger partial charge in [0.2, 0.25) is 0 Å². The molecule has 0 saturated carbocycles. The molecule has 0 fully saturated rings. The van der Waals surface area contributed by atoms with Crippen LogP contribution in [0.5, 0.6) is 0 Å². The third-order valence-electron chi connectivity index (χ3n) is 2.11. The molecular formula is C9H20N2O2. The van der Waals surface area contributed by atoms with Gasteiger partial charge in [0, 0.05) is 0 Å². The van der Waals surface area contributed by atoms with Crippen molar-refractivity contribution in [1.82, 2.24) is 5.43 Å². The fraction of sp³-hybridized carbons (Fsp3) is 0.889. The zero-order valence-corrected chi connectivity index (χ0v) is 8.51. The van der Waals surface area contributed by atoms with Crippen LogP contribution in [0.2, 0.25) is 0 Å².